The second-order valence-corrected chi connectivity index (χ2v) is 3.63. The molecule has 0 aliphatic carbocycles. The number of ether oxygens (including phenoxy) is 1. The Morgan fingerprint density at radius 2 is 2.00 bits per heavy atom. The molecule has 0 bridgehead atoms. The molecule has 2 atom stereocenters. The predicted octanol–water partition coefficient (Wildman–Crippen LogP) is 0.526. The van der Waals surface area contributed by atoms with Gasteiger partial charge in [-0.25, -0.2) is 0 Å². The molecule has 1 amide bonds. The fourth-order valence-corrected chi connectivity index (χ4v) is 1.30. The summed E-state index contributed by atoms with van der Waals surface area (Å²) in [5.74, 6) is 0.0731. The van der Waals surface area contributed by atoms with E-state index >= 15 is 0 Å². The van der Waals surface area contributed by atoms with Gasteiger partial charge in [0.2, 0.25) is 5.91 Å². The summed E-state index contributed by atoms with van der Waals surface area (Å²) < 4.78 is 4.98. The molecule has 4 nitrogen and oxygen atoms in total. The van der Waals surface area contributed by atoms with Crippen LogP contribution in [0.25, 0.3) is 0 Å². The zero-order chi connectivity index (χ0) is 11.0. The number of carbonyl (C=O) groups excluding carboxylic acids is 1. The summed E-state index contributed by atoms with van der Waals surface area (Å²) in [7, 11) is 3.35. The van der Waals surface area contributed by atoms with E-state index in [9.17, 15) is 4.79 Å². The number of carbonyl (C=O) groups is 1. The molecule has 0 aromatic rings. The highest BCUT2D eigenvalue weighted by Gasteiger charge is 2.10. The van der Waals surface area contributed by atoms with Crippen LogP contribution in [0.1, 0.15) is 26.7 Å². The van der Waals surface area contributed by atoms with Gasteiger partial charge in [-0.2, -0.15) is 0 Å². The van der Waals surface area contributed by atoms with Crippen molar-refractivity contribution in [3.05, 3.63) is 0 Å². The van der Waals surface area contributed by atoms with Gasteiger partial charge in [-0.15, -0.1) is 0 Å². The van der Waals surface area contributed by atoms with E-state index in [1.807, 2.05) is 6.92 Å². The van der Waals surface area contributed by atoms with E-state index in [4.69, 9.17) is 4.74 Å². The van der Waals surface area contributed by atoms with Crippen LogP contribution >= 0.6 is 0 Å². The van der Waals surface area contributed by atoms with E-state index in [2.05, 4.69) is 17.6 Å². The quantitative estimate of drug-likeness (QED) is 0.633. The smallest absolute Gasteiger partial charge is 0.221 e. The third-order valence-electron chi connectivity index (χ3n) is 2.09. The first-order valence-electron chi connectivity index (χ1n) is 5.05. The summed E-state index contributed by atoms with van der Waals surface area (Å²) in [6.45, 7) is 4.86. The lowest BCUT2D eigenvalue weighted by Crippen LogP contribution is -2.38. The number of hydrogen-bond donors (Lipinski definition) is 2. The fourth-order valence-electron chi connectivity index (χ4n) is 1.30. The van der Waals surface area contributed by atoms with Crippen molar-refractivity contribution in [2.45, 2.75) is 38.8 Å². The maximum atomic E-state index is 11.0. The first-order valence-corrected chi connectivity index (χ1v) is 5.05. The first-order chi connectivity index (χ1) is 6.60. The molecule has 2 N–H and O–H groups in total. The van der Waals surface area contributed by atoms with Gasteiger partial charge in [-0.05, 0) is 20.3 Å². The highest BCUT2D eigenvalue weighted by Crippen LogP contribution is 1.97. The molecular weight excluding hydrogens is 180 g/mol. The van der Waals surface area contributed by atoms with Crippen molar-refractivity contribution in [2.75, 3.05) is 20.8 Å². The molecule has 0 spiro atoms. The molecule has 4 heteroatoms. The van der Waals surface area contributed by atoms with E-state index < -0.39 is 0 Å². The third-order valence-corrected chi connectivity index (χ3v) is 2.09. The third kappa shape index (κ3) is 6.86. The van der Waals surface area contributed by atoms with E-state index in [1.54, 1.807) is 14.2 Å². The minimum Gasteiger partial charge on any atom is -0.385 e. The fraction of sp³-hybridized carbons (Fsp3) is 0.900. The highest BCUT2D eigenvalue weighted by molar-refractivity contribution is 5.76. The van der Waals surface area contributed by atoms with Crippen molar-refractivity contribution in [3.8, 4) is 0 Å². The Hall–Kier alpha value is -0.610. The minimum atomic E-state index is 0.0731. The number of nitrogens with one attached hydrogen (secondary N) is 2. The van der Waals surface area contributed by atoms with Crippen molar-refractivity contribution in [2.24, 2.45) is 0 Å². The Morgan fingerprint density at radius 3 is 2.50 bits per heavy atom. The second-order valence-electron chi connectivity index (χ2n) is 3.63. The van der Waals surface area contributed by atoms with Gasteiger partial charge in [0.15, 0.2) is 0 Å². The van der Waals surface area contributed by atoms with Crippen LogP contribution in [0.5, 0.6) is 0 Å². The second kappa shape index (κ2) is 7.76. The van der Waals surface area contributed by atoms with E-state index in [0.29, 0.717) is 12.5 Å². The van der Waals surface area contributed by atoms with Crippen molar-refractivity contribution >= 4 is 5.91 Å². The number of methoxy groups -OCH3 is 1. The standard InChI is InChI=1S/C10H22N2O2/c1-8(5-6-14-4)12-9(2)7-10(13)11-3/h8-9,12H,5-7H2,1-4H3,(H,11,13). The Bertz CT molecular complexity index is 162. The number of hydrogen-bond acceptors (Lipinski definition) is 3. The Labute approximate surface area is 86.4 Å². The molecule has 0 rings (SSSR count). The van der Waals surface area contributed by atoms with Crippen molar-refractivity contribution in [3.63, 3.8) is 0 Å². The van der Waals surface area contributed by atoms with E-state index in [1.165, 1.54) is 0 Å². The largest absolute Gasteiger partial charge is 0.385 e. The summed E-state index contributed by atoms with van der Waals surface area (Å²) >= 11 is 0. The van der Waals surface area contributed by atoms with Gasteiger partial charge in [0, 0.05) is 39.3 Å². The molecule has 0 saturated heterocycles. The van der Waals surface area contributed by atoms with E-state index in [0.717, 1.165) is 13.0 Å². The molecule has 0 aliphatic heterocycles. The molecule has 0 radical (unpaired) electrons. The van der Waals surface area contributed by atoms with Crippen LogP contribution in [0.2, 0.25) is 0 Å². The van der Waals surface area contributed by atoms with Crippen molar-refractivity contribution < 1.29 is 9.53 Å². The van der Waals surface area contributed by atoms with Gasteiger partial charge < -0.3 is 15.4 Å². The number of rotatable bonds is 7. The van der Waals surface area contributed by atoms with Gasteiger partial charge in [-0.1, -0.05) is 0 Å². The number of amides is 1. The van der Waals surface area contributed by atoms with Crippen LogP contribution in [0.3, 0.4) is 0 Å². The average Bonchev–Trinajstić information content (AvgIpc) is 2.14. The molecular formula is C10H22N2O2. The normalized spacial score (nSPS) is 14.9. The molecule has 2 unspecified atom stereocenters. The maximum Gasteiger partial charge on any atom is 0.221 e. The van der Waals surface area contributed by atoms with Crippen molar-refractivity contribution in [1.82, 2.24) is 10.6 Å². The van der Waals surface area contributed by atoms with Crippen LogP contribution in [-0.4, -0.2) is 38.8 Å². The summed E-state index contributed by atoms with van der Waals surface area (Å²) in [6.07, 6.45) is 1.49. The van der Waals surface area contributed by atoms with Crippen LogP contribution in [0, 0.1) is 0 Å². The van der Waals surface area contributed by atoms with Crippen LogP contribution < -0.4 is 10.6 Å². The van der Waals surface area contributed by atoms with Crippen molar-refractivity contribution in [1.29, 1.82) is 0 Å². The lowest BCUT2D eigenvalue weighted by Gasteiger charge is -2.19. The van der Waals surface area contributed by atoms with Gasteiger partial charge in [-0.3, -0.25) is 4.79 Å². The monoisotopic (exact) mass is 202 g/mol. The van der Waals surface area contributed by atoms with Gasteiger partial charge in [0.1, 0.15) is 0 Å². The summed E-state index contributed by atoms with van der Waals surface area (Å²) in [5.41, 5.74) is 0. The minimum absolute atomic E-state index is 0.0731. The molecule has 0 aliphatic rings. The molecule has 84 valence electrons. The summed E-state index contributed by atoms with van der Waals surface area (Å²) in [5, 5.41) is 5.95. The van der Waals surface area contributed by atoms with Crippen LogP contribution in [0.15, 0.2) is 0 Å². The topological polar surface area (TPSA) is 50.4 Å². The SMILES string of the molecule is CNC(=O)CC(C)NC(C)CCOC. The average molecular weight is 202 g/mol. The lowest BCUT2D eigenvalue weighted by atomic mass is 10.1. The van der Waals surface area contributed by atoms with Gasteiger partial charge >= 0.3 is 0 Å². The molecule has 0 aromatic carbocycles. The lowest BCUT2D eigenvalue weighted by molar-refractivity contribution is -0.121. The Morgan fingerprint density at radius 1 is 1.36 bits per heavy atom. The molecule has 0 fully saturated rings. The maximum absolute atomic E-state index is 11.0. The molecule has 14 heavy (non-hydrogen) atoms. The Kier molecular flexibility index (Phi) is 7.42. The molecule has 0 saturated carbocycles. The van der Waals surface area contributed by atoms with E-state index in [-0.39, 0.29) is 11.9 Å². The van der Waals surface area contributed by atoms with Gasteiger partial charge in [0.25, 0.3) is 0 Å². The Balaban J connectivity index is 3.59. The first kappa shape index (κ1) is 13.4. The van der Waals surface area contributed by atoms with Gasteiger partial charge in [0.05, 0.1) is 0 Å². The predicted molar refractivity (Wildman–Crippen MR) is 57.2 cm³/mol. The summed E-state index contributed by atoms with van der Waals surface area (Å²) in [4.78, 5) is 11.0. The van der Waals surface area contributed by atoms with Crippen LogP contribution in [-0.2, 0) is 9.53 Å². The zero-order valence-electron chi connectivity index (χ0n) is 9.59. The van der Waals surface area contributed by atoms with Crippen LogP contribution in [0.4, 0.5) is 0 Å². The molecule has 0 aromatic heterocycles. The highest BCUT2D eigenvalue weighted by atomic mass is 16.5. The zero-order valence-corrected chi connectivity index (χ0v) is 9.59. The summed E-state index contributed by atoms with van der Waals surface area (Å²) in [6, 6.07) is 0.594. The molecule has 0 heterocycles.